The molecule has 3 atom stereocenters. The maximum Gasteiger partial charge on any atom is 0.138 e. The van der Waals surface area contributed by atoms with E-state index in [-0.39, 0.29) is 0 Å². The van der Waals surface area contributed by atoms with Crippen molar-refractivity contribution in [2.75, 3.05) is 12.0 Å². The van der Waals surface area contributed by atoms with Crippen LogP contribution in [-0.2, 0) is 0 Å². The molecule has 0 aliphatic heterocycles. The second-order valence-corrected chi connectivity index (χ2v) is 7.08. The fourth-order valence-corrected chi connectivity index (χ4v) is 4.20. The van der Waals surface area contributed by atoms with Gasteiger partial charge in [-0.15, -0.1) is 0 Å². The first-order valence-corrected chi connectivity index (χ1v) is 8.87. The largest absolute Gasteiger partial charge is 0.399 e. The van der Waals surface area contributed by atoms with Gasteiger partial charge in [0.2, 0.25) is 0 Å². The van der Waals surface area contributed by atoms with Crippen molar-refractivity contribution in [2.24, 2.45) is 0 Å². The lowest BCUT2D eigenvalue weighted by atomic mass is 9.94. The van der Waals surface area contributed by atoms with Crippen molar-refractivity contribution >= 4 is 28.5 Å². The van der Waals surface area contributed by atoms with Gasteiger partial charge in [-0.05, 0) is 50.6 Å². The van der Waals surface area contributed by atoms with Gasteiger partial charge in [0, 0.05) is 17.0 Å². The summed E-state index contributed by atoms with van der Waals surface area (Å²) in [6, 6.07) is 6.27. The number of aromatic nitrogens is 2. The number of anilines is 1. The molecule has 0 amide bonds. The number of hydrogen-bond donors (Lipinski definition) is 2. The van der Waals surface area contributed by atoms with Crippen LogP contribution in [0, 0.1) is 0 Å². The third-order valence-electron chi connectivity index (χ3n) is 4.41. The van der Waals surface area contributed by atoms with E-state index >= 15 is 0 Å². The minimum Gasteiger partial charge on any atom is -0.399 e. The number of benzene rings is 1. The summed E-state index contributed by atoms with van der Waals surface area (Å²) in [6.07, 6.45) is 6.47. The fraction of sp³-hybridized carbons (Fsp3) is 0.562. The Hall–Kier alpha value is -1.20. The molecule has 0 bridgehead atoms. The number of aliphatic hydroxyl groups is 1. The van der Waals surface area contributed by atoms with E-state index in [1.54, 1.807) is 6.92 Å². The Morgan fingerprint density at radius 1 is 1.43 bits per heavy atom. The van der Waals surface area contributed by atoms with Crippen molar-refractivity contribution in [1.29, 1.82) is 0 Å². The first kappa shape index (κ1) is 14.7. The second-order valence-electron chi connectivity index (χ2n) is 5.94. The maximum atomic E-state index is 10.1. The summed E-state index contributed by atoms with van der Waals surface area (Å²) in [5.41, 5.74) is 8.56. The minimum absolute atomic E-state index is 0.425. The van der Waals surface area contributed by atoms with Crippen LogP contribution >= 0.6 is 11.8 Å². The average Bonchev–Trinajstić information content (AvgIpc) is 2.86. The Kier molecular flexibility index (Phi) is 4.13. The fourth-order valence-electron chi connectivity index (χ4n) is 3.38. The predicted octanol–water partition coefficient (Wildman–Crippen LogP) is 3.52. The molecule has 5 heteroatoms. The van der Waals surface area contributed by atoms with E-state index in [0.717, 1.165) is 35.4 Å². The molecule has 1 aliphatic rings. The molecule has 1 aromatic carbocycles. The van der Waals surface area contributed by atoms with Gasteiger partial charge in [0.1, 0.15) is 11.9 Å². The Bertz CT molecular complexity index is 638. The van der Waals surface area contributed by atoms with Gasteiger partial charge < -0.3 is 15.4 Å². The minimum atomic E-state index is -0.562. The molecule has 114 valence electrons. The number of imidazole rings is 1. The van der Waals surface area contributed by atoms with Gasteiger partial charge in [0.05, 0.1) is 11.0 Å². The highest BCUT2D eigenvalue weighted by molar-refractivity contribution is 7.99. The number of nitrogens with zero attached hydrogens (tertiary/aromatic N) is 2. The molecular formula is C16H23N3OS. The van der Waals surface area contributed by atoms with E-state index in [2.05, 4.69) is 15.8 Å². The van der Waals surface area contributed by atoms with Crippen LogP contribution in [0.5, 0.6) is 0 Å². The van der Waals surface area contributed by atoms with Crippen molar-refractivity contribution in [3.8, 4) is 0 Å². The molecule has 2 aromatic rings. The summed E-state index contributed by atoms with van der Waals surface area (Å²) in [5, 5.41) is 10.8. The van der Waals surface area contributed by atoms with Crippen LogP contribution < -0.4 is 5.73 Å². The summed E-state index contributed by atoms with van der Waals surface area (Å²) < 4.78 is 2.25. The molecule has 0 saturated heterocycles. The lowest BCUT2D eigenvalue weighted by Crippen LogP contribution is -2.22. The smallest absolute Gasteiger partial charge is 0.138 e. The van der Waals surface area contributed by atoms with E-state index < -0.39 is 6.10 Å². The number of nitrogens with two attached hydrogens (primary N) is 1. The van der Waals surface area contributed by atoms with Gasteiger partial charge in [0.25, 0.3) is 0 Å². The molecule has 1 heterocycles. The third kappa shape index (κ3) is 2.77. The Labute approximate surface area is 129 Å². The van der Waals surface area contributed by atoms with Gasteiger partial charge in [0.15, 0.2) is 0 Å². The number of fused-ring (bicyclic) bond motifs is 1. The highest BCUT2D eigenvalue weighted by Crippen LogP contribution is 2.38. The van der Waals surface area contributed by atoms with Crippen LogP contribution in [0.25, 0.3) is 11.0 Å². The molecule has 3 N–H and O–H groups in total. The molecule has 0 radical (unpaired) electrons. The number of rotatable bonds is 3. The van der Waals surface area contributed by atoms with Crippen molar-refractivity contribution in [2.45, 2.75) is 50.0 Å². The van der Waals surface area contributed by atoms with Crippen LogP contribution in [0.15, 0.2) is 18.2 Å². The van der Waals surface area contributed by atoms with Crippen molar-refractivity contribution in [1.82, 2.24) is 9.55 Å². The normalized spacial score (nSPS) is 24.3. The summed E-state index contributed by atoms with van der Waals surface area (Å²) in [4.78, 5) is 4.63. The molecule has 1 aliphatic carbocycles. The lowest BCUT2D eigenvalue weighted by molar-refractivity contribution is 0.178. The Morgan fingerprint density at radius 2 is 2.24 bits per heavy atom. The molecule has 1 fully saturated rings. The molecule has 4 nitrogen and oxygen atoms in total. The first-order chi connectivity index (χ1) is 10.1. The molecule has 3 unspecified atom stereocenters. The van der Waals surface area contributed by atoms with Crippen LogP contribution in [0.2, 0.25) is 0 Å². The van der Waals surface area contributed by atoms with E-state index in [9.17, 15) is 5.11 Å². The first-order valence-electron chi connectivity index (χ1n) is 7.58. The molecule has 3 rings (SSSR count). The van der Waals surface area contributed by atoms with Crippen LogP contribution in [0.3, 0.4) is 0 Å². The molecule has 1 aromatic heterocycles. The standard InChI is InChI=1S/C16H23N3OS/c1-10(20)16-18-14-8-11(17)6-7-15(14)19(16)12-4-3-5-13(9-12)21-2/h6-8,10,12-13,20H,3-5,9,17H2,1-2H3. The highest BCUT2D eigenvalue weighted by atomic mass is 32.2. The van der Waals surface area contributed by atoms with Gasteiger partial charge >= 0.3 is 0 Å². The monoisotopic (exact) mass is 305 g/mol. The number of nitrogen functional groups attached to an aromatic ring is 1. The van der Waals surface area contributed by atoms with Crippen molar-refractivity contribution < 1.29 is 5.11 Å². The Balaban J connectivity index is 2.08. The zero-order valence-corrected chi connectivity index (χ0v) is 13.4. The second kappa shape index (κ2) is 5.89. The molecular weight excluding hydrogens is 282 g/mol. The third-order valence-corrected chi connectivity index (χ3v) is 5.51. The summed E-state index contributed by atoms with van der Waals surface area (Å²) in [5.74, 6) is 0.766. The summed E-state index contributed by atoms with van der Waals surface area (Å²) in [7, 11) is 0. The zero-order chi connectivity index (χ0) is 15.0. The zero-order valence-electron chi connectivity index (χ0n) is 12.6. The molecule has 1 saturated carbocycles. The lowest BCUT2D eigenvalue weighted by Gasteiger charge is -2.31. The van der Waals surface area contributed by atoms with Crippen LogP contribution in [-0.4, -0.2) is 26.2 Å². The van der Waals surface area contributed by atoms with Crippen molar-refractivity contribution in [3.05, 3.63) is 24.0 Å². The van der Waals surface area contributed by atoms with Gasteiger partial charge in [-0.1, -0.05) is 6.42 Å². The van der Waals surface area contributed by atoms with Gasteiger partial charge in [-0.3, -0.25) is 0 Å². The van der Waals surface area contributed by atoms with Crippen LogP contribution in [0.4, 0.5) is 5.69 Å². The van der Waals surface area contributed by atoms with E-state index in [0.29, 0.717) is 11.3 Å². The molecule has 0 spiro atoms. The maximum absolute atomic E-state index is 10.1. The average molecular weight is 305 g/mol. The number of hydrogen-bond acceptors (Lipinski definition) is 4. The number of thioether (sulfide) groups is 1. The Morgan fingerprint density at radius 3 is 2.95 bits per heavy atom. The van der Waals surface area contributed by atoms with E-state index in [1.807, 2.05) is 30.0 Å². The predicted molar refractivity (Wildman–Crippen MR) is 89.6 cm³/mol. The van der Waals surface area contributed by atoms with E-state index in [1.165, 1.54) is 12.8 Å². The topological polar surface area (TPSA) is 64.1 Å². The van der Waals surface area contributed by atoms with E-state index in [4.69, 9.17) is 5.73 Å². The van der Waals surface area contributed by atoms with Crippen LogP contribution in [0.1, 0.15) is 50.6 Å². The number of aliphatic hydroxyl groups excluding tert-OH is 1. The quantitative estimate of drug-likeness (QED) is 0.852. The SMILES string of the molecule is CSC1CCCC(n2c(C(C)O)nc3cc(N)ccc32)C1. The van der Waals surface area contributed by atoms with Gasteiger partial charge in [-0.2, -0.15) is 11.8 Å². The highest BCUT2D eigenvalue weighted by Gasteiger charge is 2.27. The van der Waals surface area contributed by atoms with Crippen molar-refractivity contribution in [3.63, 3.8) is 0 Å². The van der Waals surface area contributed by atoms with Gasteiger partial charge in [-0.25, -0.2) is 4.98 Å². The molecule has 21 heavy (non-hydrogen) atoms. The summed E-state index contributed by atoms with van der Waals surface area (Å²) in [6.45, 7) is 1.79. The summed E-state index contributed by atoms with van der Waals surface area (Å²) >= 11 is 1.95.